The Morgan fingerprint density at radius 2 is 2.40 bits per heavy atom. The normalized spacial score (nSPS) is 25.5. The highest BCUT2D eigenvalue weighted by Crippen LogP contribution is 2.16. The molecule has 1 unspecified atom stereocenters. The van der Waals surface area contributed by atoms with E-state index in [1.807, 2.05) is 6.92 Å². The fourth-order valence-electron chi connectivity index (χ4n) is 1.76. The zero-order chi connectivity index (χ0) is 11.1. The minimum Gasteiger partial charge on any atom is -0.372 e. The van der Waals surface area contributed by atoms with E-state index in [4.69, 9.17) is 4.74 Å². The smallest absolute Gasteiger partial charge is 0.246 e. The standard InChI is InChI=1S/C11H22N2O2/c1-3-7-15-8-10(14)12-9-11(2)5-4-6-13-11/h13H,3-9H2,1-2H3,(H,12,14). The largest absolute Gasteiger partial charge is 0.372 e. The van der Waals surface area contributed by atoms with Gasteiger partial charge in [0.2, 0.25) is 5.91 Å². The summed E-state index contributed by atoms with van der Waals surface area (Å²) in [6.45, 7) is 6.77. The molecule has 1 saturated heterocycles. The third-order valence-electron chi connectivity index (χ3n) is 2.71. The minimum absolute atomic E-state index is 0.0154. The summed E-state index contributed by atoms with van der Waals surface area (Å²) in [4.78, 5) is 11.4. The Kier molecular flexibility index (Phi) is 5.05. The lowest BCUT2D eigenvalue weighted by Gasteiger charge is -2.24. The van der Waals surface area contributed by atoms with Crippen molar-refractivity contribution in [3.05, 3.63) is 0 Å². The Balaban J connectivity index is 2.10. The molecule has 2 N–H and O–H groups in total. The summed E-state index contributed by atoms with van der Waals surface area (Å²) in [5, 5.41) is 6.30. The molecular formula is C11H22N2O2. The first-order valence-corrected chi connectivity index (χ1v) is 5.76. The lowest BCUT2D eigenvalue weighted by Crippen LogP contribution is -2.48. The first kappa shape index (κ1) is 12.5. The number of ether oxygens (including phenoxy) is 1. The Bertz CT molecular complexity index is 201. The summed E-state index contributed by atoms with van der Waals surface area (Å²) >= 11 is 0. The van der Waals surface area contributed by atoms with Gasteiger partial charge in [-0.25, -0.2) is 0 Å². The van der Waals surface area contributed by atoms with E-state index in [0.29, 0.717) is 13.2 Å². The summed E-state index contributed by atoms with van der Waals surface area (Å²) in [7, 11) is 0. The molecular weight excluding hydrogens is 192 g/mol. The van der Waals surface area contributed by atoms with Crippen molar-refractivity contribution in [3.8, 4) is 0 Å². The van der Waals surface area contributed by atoms with Gasteiger partial charge in [0.05, 0.1) is 0 Å². The topological polar surface area (TPSA) is 50.4 Å². The Morgan fingerprint density at radius 3 is 3.00 bits per heavy atom. The van der Waals surface area contributed by atoms with Crippen LogP contribution < -0.4 is 10.6 Å². The number of rotatable bonds is 6. The second kappa shape index (κ2) is 6.08. The number of carbonyl (C=O) groups excluding carboxylic acids is 1. The number of amides is 1. The van der Waals surface area contributed by atoms with Crippen molar-refractivity contribution >= 4 is 5.91 Å². The van der Waals surface area contributed by atoms with E-state index in [9.17, 15) is 4.79 Å². The van der Waals surface area contributed by atoms with Crippen LogP contribution in [0.1, 0.15) is 33.1 Å². The molecule has 0 aromatic carbocycles. The predicted molar refractivity (Wildman–Crippen MR) is 59.8 cm³/mol. The summed E-state index contributed by atoms with van der Waals surface area (Å²) in [5.41, 5.74) is 0.0837. The average Bonchev–Trinajstić information content (AvgIpc) is 2.64. The van der Waals surface area contributed by atoms with E-state index in [-0.39, 0.29) is 18.1 Å². The van der Waals surface area contributed by atoms with Crippen LogP contribution in [0.5, 0.6) is 0 Å². The third kappa shape index (κ3) is 4.62. The molecule has 0 aromatic rings. The Morgan fingerprint density at radius 1 is 1.60 bits per heavy atom. The molecule has 88 valence electrons. The second-order valence-corrected chi connectivity index (χ2v) is 4.42. The molecule has 1 amide bonds. The molecule has 1 rings (SSSR count). The molecule has 0 bridgehead atoms. The molecule has 1 fully saturated rings. The van der Waals surface area contributed by atoms with Crippen LogP contribution in [0.4, 0.5) is 0 Å². The first-order valence-electron chi connectivity index (χ1n) is 5.76. The van der Waals surface area contributed by atoms with Crippen molar-refractivity contribution in [2.45, 2.75) is 38.6 Å². The number of hydrogen-bond acceptors (Lipinski definition) is 3. The van der Waals surface area contributed by atoms with Crippen LogP contribution in [0, 0.1) is 0 Å². The van der Waals surface area contributed by atoms with Crippen LogP contribution in [0.2, 0.25) is 0 Å². The zero-order valence-corrected chi connectivity index (χ0v) is 9.77. The molecule has 0 aliphatic carbocycles. The van der Waals surface area contributed by atoms with Gasteiger partial charge in [0.1, 0.15) is 6.61 Å². The molecule has 4 heteroatoms. The van der Waals surface area contributed by atoms with Gasteiger partial charge in [-0.3, -0.25) is 4.79 Å². The van der Waals surface area contributed by atoms with Crippen molar-refractivity contribution in [1.29, 1.82) is 0 Å². The van der Waals surface area contributed by atoms with Crippen LogP contribution in [0.25, 0.3) is 0 Å². The molecule has 4 nitrogen and oxygen atoms in total. The summed E-state index contributed by atoms with van der Waals surface area (Å²) in [5.74, 6) is -0.0154. The maximum atomic E-state index is 11.4. The summed E-state index contributed by atoms with van der Waals surface area (Å²) < 4.78 is 5.16. The summed E-state index contributed by atoms with van der Waals surface area (Å²) in [6.07, 6.45) is 3.27. The molecule has 0 spiro atoms. The molecule has 0 aromatic heterocycles. The van der Waals surface area contributed by atoms with Crippen LogP contribution in [0.3, 0.4) is 0 Å². The second-order valence-electron chi connectivity index (χ2n) is 4.42. The molecule has 1 heterocycles. The predicted octanol–water partition coefficient (Wildman–Crippen LogP) is 0.671. The average molecular weight is 214 g/mol. The molecule has 0 saturated carbocycles. The lowest BCUT2D eigenvalue weighted by atomic mass is 10.0. The number of carbonyl (C=O) groups is 1. The lowest BCUT2D eigenvalue weighted by molar-refractivity contribution is -0.125. The van der Waals surface area contributed by atoms with Crippen molar-refractivity contribution in [3.63, 3.8) is 0 Å². The monoisotopic (exact) mass is 214 g/mol. The van der Waals surface area contributed by atoms with E-state index in [1.165, 1.54) is 6.42 Å². The molecule has 15 heavy (non-hydrogen) atoms. The molecule has 0 radical (unpaired) electrons. The number of hydrogen-bond donors (Lipinski definition) is 2. The van der Waals surface area contributed by atoms with Gasteiger partial charge >= 0.3 is 0 Å². The van der Waals surface area contributed by atoms with Gasteiger partial charge in [0.15, 0.2) is 0 Å². The van der Waals surface area contributed by atoms with Gasteiger partial charge in [0.25, 0.3) is 0 Å². The van der Waals surface area contributed by atoms with Gasteiger partial charge in [-0.05, 0) is 32.7 Å². The van der Waals surface area contributed by atoms with E-state index < -0.39 is 0 Å². The molecule has 1 aliphatic heterocycles. The highest BCUT2D eigenvalue weighted by Gasteiger charge is 2.27. The summed E-state index contributed by atoms with van der Waals surface area (Å²) in [6, 6.07) is 0. The van der Waals surface area contributed by atoms with Gasteiger partial charge in [-0.15, -0.1) is 0 Å². The maximum absolute atomic E-state index is 11.4. The quantitative estimate of drug-likeness (QED) is 0.639. The molecule has 1 atom stereocenters. The highest BCUT2D eigenvalue weighted by atomic mass is 16.5. The van der Waals surface area contributed by atoms with E-state index in [2.05, 4.69) is 17.6 Å². The van der Waals surface area contributed by atoms with Crippen molar-refractivity contribution < 1.29 is 9.53 Å². The number of nitrogens with one attached hydrogen (secondary N) is 2. The van der Waals surface area contributed by atoms with Gasteiger partial charge in [-0.1, -0.05) is 6.92 Å². The van der Waals surface area contributed by atoms with E-state index in [1.54, 1.807) is 0 Å². The first-order chi connectivity index (χ1) is 7.16. The van der Waals surface area contributed by atoms with E-state index >= 15 is 0 Å². The van der Waals surface area contributed by atoms with Crippen LogP contribution in [-0.2, 0) is 9.53 Å². The molecule has 1 aliphatic rings. The van der Waals surface area contributed by atoms with Crippen LogP contribution >= 0.6 is 0 Å². The van der Waals surface area contributed by atoms with Crippen LogP contribution in [-0.4, -0.2) is 37.7 Å². The van der Waals surface area contributed by atoms with Gasteiger partial charge < -0.3 is 15.4 Å². The van der Waals surface area contributed by atoms with Crippen molar-refractivity contribution in [2.75, 3.05) is 26.3 Å². The van der Waals surface area contributed by atoms with Crippen molar-refractivity contribution in [2.24, 2.45) is 0 Å². The van der Waals surface area contributed by atoms with Gasteiger partial charge in [0, 0.05) is 18.7 Å². The van der Waals surface area contributed by atoms with Crippen LogP contribution in [0.15, 0.2) is 0 Å². The SMILES string of the molecule is CCCOCC(=O)NCC1(C)CCCN1. The van der Waals surface area contributed by atoms with Gasteiger partial charge in [-0.2, -0.15) is 0 Å². The third-order valence-corrected chi connectivity index (χ3v) is 2.71. The zero-order valence-electron chi connectivity index (χ0n) is 9.77. The fraction of sp³-hybridized carbons (Fsp3) is 0.909. The maximum Gasteiger partial charge on any atom is 0.246 e. The van der Waals surface area contributed by atoms with Crippen molar-refractivity contribution in [1.82, 2.24) is 10.6 Å². The Hall–Kier alpha value is -0.610. The fourth-order valence-corrected chi connectivity index (χ4v) is 1.76. The highest BCUT2D eigenvalue weighted by molar-refractivity contribution is 5.77. The Labute approximate surface area is 91.8 Å². The minimum atomic E-state index is -0.0154. The van der Waals surface area contributed by atoms with E-state index in [0.717, 1.165) is 19.4 Å².